The Balaban J connectivity index is 3.30. The molecule has 0 bridgehead atoms. The van der Waals surface area contributed by atoms with Gasteiger partial charge < -0.3 is 24.4 Å². The van der Waals surface area contributed by atoms with E-state index in [1.807, 2.05) is 0 Å². The lowest BCUT2D eigenvalue weighted by Gasteiger charge is -2.06. The smallest absolute Gasteiger partial charge is 0.307 e. The van der Waals surface area contributed by atoms with Gasteiger partial charge in [-0.1, -0.05) is 11.8 Å². The van der Waals surface area contributed by atoms with Crippen LogP contribution in [0, 0.1) is 0 Å². The summed E-state index contributed by atoms with van der Waals surface area (Å²) in [6.45, 7) is 0.434. The molecule has 17 heteroatoms. The molecule has 0 amide bonds. The molecule has 10 nitrogen and oxygen atoms in total. The van der Waals surface area contributed by atoms with Gasteiger partial charge in [-0.3, -0.25) is 14.4 Å². The van der Waals surface area contributed by atoms with E-state index in [0.29, 0.717) is 52.8 Å². The van der Waals surface area contributed by atoms with E-state index in [-0.39, 0.29) is 54.0 Å². The number of rotatable bonds is 28. The summed E-state index contributed by atoms with van der Waals surface area (Å²) in [4.78, 5) is 44.8. The quantitative estimate of drug-likeness (QED) is 0.0313. The number of esters is 3. The third-order valence-corrected chi connectivity index (χ3v) is 9.71. The van der Waals surface area contributed by atoms with E-state index < -0.39 is 0 Å². The van der Waals surface area contributed by atoms with Gasteiger partial charge in [0.2, 0.25) is 0 Å². The van der Waals surface area contributed by atoms with Crippen molar-refractivity contribution in [3.63, 3.8) is 0 Å². The lowest BCUT2D eigenvalue weighted by molar-refractivity contribution is -0.278. The Hall–Kier alpha value is 0.700. The summed E-state index contributed by atoms with van der Waals surface area (Å²) in [6.07, 6.45) is 1.71. The summed E-state index contributed by atoms with van der Waals surface area (Å²) >= 11 is 10.0. The molecule has 0 atom stereocenters. The van der Waals surface area contributed by atoms with Crippen LogP contribution in [0.4, 0.5) is 0 Å². The van der Waals surface area contributed by atoms with Gasteiger partial charge in [-0.2, -0.15) is 23.5 Å². The molecule has 0 aromatic rings. The van der Waals surface area contributed by atoms with Gasteiger partial charge in [-0.15, -0.1) is 47.0 Å². The molecule has 0 aliphatic rings. The van der Waals surface area contributed by atoms with Crippen molar-refractivity contribution in [3.8, 4) is 0 Å². The molecule has 0 spiro atoms. The second-order valence-electron chi connectivity index (χ2n) is 6.30. The Morgan fingerprint density at radius 3 is 1.46 bits per heavy atom. The van der Waals surface area contributed by atoms with Crippen molar-refractivity contribution >= 4 is 100 Å². The Bertz CT molecular complexity index is 564. The zero-order valence-electron chi connectivity index (χ0n) is 20.5. The highest BCUT2D eigenvalue weighted by molar-refractivity contribution is 8.16. The van der Waals surface area contributed by atoms with Crippen molar-refractivity contribution in [2.24, 2.45) is 0 Å². The minimum Gasteiger partial charge on any atom is -0.455 e. The molecule has 37 heavy (non-hydrogen) atoms. The lowest BCUT2D eigenvalue weighted by Crippen LogP contribution is -2.08. The number of aliphatic hydroxyl groups is 2. The van der Waals surface area contributed by atoms with Crippen molar-refractivity contribution in [1.29, 1.82) is 0 Å². The molecule has 2 N–H and O–H groups in total. The van der Waals surface area contributed by atoms with E-state index in [0.717, 1.165) is 12.2 Å². The van der Waals surface area contributed by atoms with Gasteiger partial charge in [-0.05, 0) is 12.2 Å². The Morgan fingerprint density at radius 2 is 0.973 bits per heavy atom. The SMILES string of the molecule is O=C(CCSCCC(=O)OCSCSCO)OCSCOOCCCSCCC(=O)OCSCSCO. The molecule has 0 saturated carbocycles. The minimum absolute atomic E-state index is 0.0543. The van der Waals surface area contributed by atoms with Crippen LogP contribution in [-0.2, 0) is 38.4 Å². The maximum absolute atomic E-state index is 11.7. The molecule has 0 aromatic carbocycles. The summed E-state index contributed by atoms with van der Waals surface area (Å²) in [6, 6.07) is 0. The average molecular weight is 661 g/mol. The largest absolute Gasteiger partial charge is 0.455 e. The summed E-state index contributed by atoms with van der Waals surface area (Å²) in [7, 11) is 0. The van der Waals surface area contributed by atoms with Crippen molar-refractivity contribution < 1.29 is 48.6 Å². The van der Waals surface area contributed by atoms with Crippen LogP contribution in [0.15, 0.2) is 0 Å². The number of carbonyl (C=O) groups excluding carboxylic acids is 3. The van der Waals surface area contributed by atoms with Crippen LogP contribution in [0.2, 0.25) is 0 Å². The van der Waals surface area contributed by atoms with Crippen LogP contribution in [0.3, 0.4) is 0 Å². The number of ether oxygens (including phenoxy) is 3. The molecule has 0 heterocycles. The highest BCUT2D eigenvalue weighted by Crippen LogP contribution is 2.13. The fraction of sp³-hybridized carbons (Fsp3) is 0.850. The van der Waals surface area contributed by atoms with E-state index in [1.54, 1.807) is 11.8 Å². The van der Waals surface area contributed by atoms with E-state index in [9.17, 15) is 14.4 Å². The van der Waals surface area contributed by atoms with Crippen molar-refractivity contribution in [2.45, 2.75) is 25.7 Å². The van der Waals surface area contributed by atoms with Crippen LogP contribution in [0.1, 0.15) is 25.7 Å². The van der Waals surface area contributed by atoms with Gasteiger partial charge in [0.15, 0.2) is 0 Å². The van der Waals surface area contributed by atoms with E-state index in [1.165, 1.54) is 70.6 Å². The molecular weight excluding hydrogens is 625 g/mol. The summed E-state index contributed by atoms with van der Waals surface area (Å²) in [5.41, 5.74) is 0. The number of hydrogen-bond donors (Lipinski definition) is 2. The topological polar surface area (TPSA) is 138 Å². The van der Waals surface area contributed by atoms with Crippen molar-refractivity contribution in [1.82, 2.24) is 0 Å². The fourth-order valence-corrected chi connectivity index (χ4v) is 6.45. The minimum atomic E-state index is -0.304. The molecule has 0 radical (unpaired) electrons. The standard InChI is InChI=1S/C20H36O10S7/c21-10-33-16-36-13-27-19(24)2-7-31-6-1-5-29-30-15-35-12-26-18(23)3-8-32-9-4-20(25)28-14-37-17-34-11-22/h21-22H,1-17H2. The van der Waals surface area contributed by atoms with Crippen LogP contribution in [0.5, 0.6) is 0 Å². The zero-order valence-corrected chi connectivity index (χ0v) is 26.3. The molecule has 0 aromatic heterocycles. The molecule has 0 aliphatic heterocycles. The van der Waals surface area contributed by atoms with Crippen molar-refractivity contribution in [3.05, 3.63) is 0 Å². The first-order valence-electron chi connectivity index (χ1n) is 11.1. The second kappa shape index (κ2) is 31.2. The van der Waals surface area contributed by atoms with Crippen LogP contribution >= 0.6 is 82.3 Å². The Kier molecular flexibility index (Phi) is 31.8. The highest BCUT2D eigenvalue weighted by atomic mass is 32.2. The van der Waals surface area contributed by atoms with Crippen LogP contribution in [-0.4, -0.2) is 104 Å². The van der Waals surface area contributed by atoms with Gasteiger partial charge >= 0.3 is 17.9 Å². The molecule has 0 saturated heterocycles. The van der Waals surface area contributed by atoms with Gasteiger partial charge in [0, 0.05) is 27.4 Å². The first-order valence-corrected chi connectivity index (χ1v) is 19.2. The molecule has 0 unspecified atom stereocenters. The predicted molar refractivity (Wildman–Crippen MR) is 160 cm³/mol. The van der Waals surface area contributed by atoms with E-state index >= 15 is 0 Å². The third-order valence-electron chi connectivity index (χ3n) is 3.51. The van der Waals surface area contributed by atoms with Gasteiger partial charge in [0.05, 0.1) is 37.7 Å². The number of hydrogen-bond acceptors (Lipinski definition) is 17. The van der Waals surface area contributed by atoms with Crippen molar-refractivity contribution in [2.75, 3.05) is 75.4 Å². The average Bonchev–Trinajstić information content (AvgIpc) is 2.88. The van der Waals surface area contributed by atoms with Gasteiger partial charge in [-0.25, -0.2) is 9.78 Å². The fourth-order valence-electron chi connectivity index (χ4n) is 1.85. The number of thioether (sulfide) groups is 7. The summed E-state index contributed by atoms with van der Waals surface area (Å²) in [5, 5.41) is 18.6. The maximum atomic E-state index is 11.7. The molecule has 0 rings (SSSR count). The first kappa shape index (κ1) is 37.7. The number of aliphatic hydroxyl groups excluding tert-OH is 2. The van der Waals surface area contributed by atoms with E-state index in [4.69, 9.17) is 34.2 Å². The summed E-state index contributed by atoms with van der Waals surface area (Å²) < 4.78 is 15.2. The van der Waals surface area contributed by atoms with E-state index in [2.05, 4.69) is 0 Å². The lowest BCUT2D eigenvalue weighted by atomic mass is 10.5. The summed E-state index contributed by atoms with van der Waals surface area (Å²) in [5.74, 6) is 3.02. The monoisotopic (exact) mass is 660 g/mol. The Labute approximate surface area is 248 Å². The molecule has 0 aliphatic carbocycles. The maximum Gasteiger partial charge on any atom is 0.307 e. The normalized spacial score (nSPS) is 10.9. The van der Waals surface area contributed by atoms with Crippen LogP contribution < -0.4 is 0 Å². The Morgan fingerprint density at radius 1 is 0.514 bits per heavy atom. The third kappa shape index (κ3) is 31.1. The van der Waals surface area contributed by atoms with Gasteiger partial charge in [0.25, 0.3) is 0 Å². The molecular formula is C20H36O10S7. The molecule has 218 valence electrons. The number of carbonyl (C=O) groups is 3. The highest BCUT2D eigenvalue weighted by Gasteiger charge is 2.06. The first-order chi connectivity index (χ1) is 18.1. The zero-order chi connectivity index (χ0) is 27.2. The van der Waals surface area contributed by atoms with Crippen LogP contribution in [0.25, 0.3) is 0 Å². The second-order valence-corrected chi connectivity index (χ2v) is 14.1. The predicted octanol–water partition coefficient (Wildman–Crippen LogP) is 3.90. The molecule has 0 fully saturated rings. The van der Waals surface area contributed by atoms with Gasteiger partial charge in [0.1, 0.15) is 23.8 Å².